The van der Waals surface area contributed by atoms with Gasteiger partial charge in [-0.15, -0.1) is 11.8 Å². The fourth-order valence-electron chi connectivity index (χ4n) is 3.70. The molecule has 1 aromatic heterocycles. The Bertz CT molecular complexity index is 1250. The van der Waals surface area contributed by atoms with Crippen LogP contribution in [0.1, 0.15) is 63.9 Å². The number of hydrogen-bond acceptors (Lipinski definition) is 7. The van der Waals surface area contributed by atoms with Crippen LogP contribution in [0.5, 0.6) is 0 Å². The number of benzene rings is 2. The van der Waals surface area contributed by atoms with Crippen LogP contribution in [-0.4, -0.2) is 38.4 Å². The third-order valence-electron chi connectivity index (χ3n) is 5.55. The predicted octanol–water partition coefficient (Wildman–Crippen LogP) is 7.86. The monoisotopic (exact) mass is 561 g/mol. The number of esters is 1. The lowest BCUT2D eigenvalue weighted by Gasteiger charge is -2.24. The van der Waals surface area contributed by atoms with Gasteiger partial charge in [-0.2, -0.15) is 0 Å². The minimum atomic E-state index is -0.508. The number of aromatic nitrogens is 2. The van der Waals surface area contributed by atoms with E-state index in [1.54, 1.807) is 18.5 Å². The molecule has 214 valence electrons. The number of nitrogens with zero attached hydrogens (tertiary/aromatic N) is 3. The summed E-state index contributed by atoms with van der Waals surface area (Å²) in [5.41, 5.74) is 3.83. The van der Waals surface area contributed by atoms with Crippen molar-refractivity contribution in [1.82, 2.24) is 9.97 Å². The number of aliphatic hydroxyl groups excluding tert-OH is 1. The van der Waals surface area contributed by atoms with Gasteiger partial charge in [0.25, 0.3) is 0 Å². The molecule has 2 aromatic carbocycles. The first-order chi connectivity index (χ1) is 19.0. The molecule has 0 aliphatic carbocycles. The first-order valence-electron chi connectivity index (χ1n) is 13.6. The molecule has 0 bridgehead atoms. The first kappa shape index (κ1) is 32.6. The molecular weight excluding hydrogens is 518 g/mol. The Morgan fingerprint density at radius 3 is 2.30 bits per heavy atom. The second-order valence-corrected chi connectivity index (χ2v) is 11.6. The summed E-state index contributed by atoms with van der Waals surface area (Å²) in [7, 11) is 0. The maximum absolute atomic E-state index is 12.3. The highest BCUT2D eigenvalue weighted by Gasteiger charge is 2.22. The second kappa shape index (κ2) is 15.9. The molecule has 1 N–H and O–H groups in total. The molecule has 7 heteroatoms. The molecule has 3 rings (SSSR count). The van der Waals surface area contributed by atoms with E-state index >= 15 is 0 Å². The molecule has 0 radical (unpaired) electrons. The molecule has 40 heavy (non-hydrogen) atoms. The summed E-state index contributed by atoms with van der Waals surface area (Å²) in [6.07, 6.45) is 5.41. The first-order valence-corrected chi connectivity index (χ1v) is 14.5. The van der Waals surface area contributed by atoms with Crippen molar-refractivity contribution in [2.45, 2.75) is 77.2 Å². The maximum Gasteiger partial charge on any atom is 0.319 e. The summed E-state index contributed by atoms with van der Waals surface area (Å²) in [5, 5.41) is 10.1. The molecule has 1 heterocycles. The second-order valence-electron chi connectivity index (χ2n) is 10.2. The molecule has 0 spiro atoms. The number of thioether (sulfide) groups is 1. The van der Waals surface area contributed by atoms with Gasteiger partial charge in [0.1, 0.15) is 28.8 Å². The summed E-state index contributed by atoms with van der Waals surface area (Å²) < 4.78 is 5.49. The van der Waals surface area contributed by atoms with E-state index < -0.39 is 5.60 Å². The van der Waals surface area contributed by atoms with Crippen LogP contribution in [-0.2, 0) is 22.5 Å². The molecule has 0 amide bonds. The third-order valence-corrected chi connectivity index (χ3v) is 6.64. The Morgan fingerprint density at radius 1 is 1.07 bits per heavy atom. The van der Waals surface area contributed by atoms with Crippen LogP contribution in [0.4, 0.5) is 5.82 Å². The Morgan fingerprint density at radius 2 is 1.70 bits per heavy atom. The molecule has 0 aliphatic heterocycles. The van der Waals surface area contributed by atoms with Gasteiger partial charge in [0, 0.05) is 23.9 Å². The normalized spacial score (nSPS) is 12.1. The fraction of sp³-hybridized carbons (Fsp3) is 0.364. The van der Waals surface area contributed by atoms with Gasteiger partial charge in [-0.25, -0.2) is 9.97 Å². The van der Waals surface area contributed by atoms with Crippen molar-refractivity contribution in [3.8, 4) is 0 Å². The number of rotatable bonds is 11. The van der Waals surface area contributed by atoms with Crippen molar-refractivity contribution in [3.63, 3.8) is 0 Å². The zero-order valence-corrected chi connectivity index (χ0v) is 25.7. The van der Waals surface area contributed by atoms with Crippen LogP contribution in [0.25, 0.3) is 0 Å². The van der Waals surface area contributed by atoms with E-state index in [1.165, 1.54) is 22.9 Å². The highest BCUT2D eigenvalue weighted by atomic mass is 32.2. The largest absolute Gasteiger partial charge is 0.510 e. The van der Waals surface area contributed by atoms with Crippen molar-refractivity contribution < 1.29 is 14.6 Å². The van der Waals surface area contributed by atoms with Crippen LogP contribution >= 0.6 is 11.8 Å². The highest BCUT2D eigenvalue weighted by Crippen LogP contribution is 2.26. The van der Waals surface area contributed by atoms with Crippen LogP contribution in [0.3, 0.4) is 0 Å². The Balaban J connectivity index is 0.00000274. The smallest absolute Gasteiger partial charge is 0.319 e. The number of allylic oxidation sites excluding steroid dienone is 2. The number of hydrogen-bond donors (Lipinski definition) is 1. The molecular formula is C33H43N3O3S. The van der Waals surface area contributed by atoms with Gasteiger partial charge in [0.05, 0.1) is 12.2 Å². The molecule has 0 aliphatic rings. The van der Waals surface area contributed by atoms with Crippen LogP contribution < -0.4 is 4.90 Å². The van der Waals surface area contributed by atoms with Gasteiger partial charge in [0.15, 0.2) is 0 Å². The van der Waals surface area contributed by atoms with Gasteiger partial charge in [-0.05, 0) is 64.0 Å². The van der Waals surface area contributed by atoms with Crippen molar-refractivity contribution in [2.24, 2.45) is 0 Å². The lowest BCUT2D eigenvalue weighted by Crippen LogP contribution is -2.28. The third kappa shape index (κ3) is 11.3. The van der Waals surface area contributed by atoms with Gasteiger partial charge >= 0.3 is 5.97 Å². The maximum atomic E-state index is 12.3. The molecule has 1 unspecified atom stereocenters. The Kier molecular flexibility index (Phi) is 12.9. The molecule has 6 nitrogen and oxygen atoms in total. The lowest BCUT2D eigenvalue weighted by atomic mass is 10.1. The van der Waals surface area contributed by atoms with Gasteiger partial charge in [-0.1, -0.05) is 68.5 Å². The van der Waals surface area contributed by atoms with Crippen LogP contribution in [0.15, 0.2) is 90.3 Å². The molecule has 0 fully saturated rings. The quantitative estimate of drug-likeness (QED) is 0.111. The Labute approximate surface area is 244 Å². The van der Waals surface area contributed by atoms with Crippen molar-refractivity contribution in [1.29, 1.82) is 0 Å². The molecule has 0 saturated carbocycles. The average molecular weight is 562 g/mol. The van der Waals surface area contributed by atoms with E-state index in [0.717, 1.165) is 22.0 Å². The number of carbonyl (C=O) groups is 1. The van der Waals surface area contributed by atoms with E-state index in [4.69, 9.17) is 4.74 Å². The summed E-state index contributed by atoms with van der Waals surface area (Å²) in [6, 6.07) is 18.4. The number of aryl methyl sites for hydroxylation is 1. The van der Waals surface area contributed by atoms with Crippen molar-refractivity contribution >= 4 is 23.5 Å². The number of ether oxygens (including phenoxy) is 1. The Hall–Kier alpha value is -3.58. The lowest BCUT2D eigenvalue weighted by molar-refractivity contribution is -0.153. The topological polar surface area (TPSA) is 75.5 Å². The minimum absolute atomic E-state index is 0.192. The number of carbonyl (C=O) groups excluding carboxylic acids is 1. The van der Waals surface area contributed by atoms with Gasteiger partial charge in [-0.3, -0.25) is 4.79 Å². The van der Waals surface area contributed by atoms with E-state index in [9.17, 15) is 9.90 Å². The molecule has 1 atom stereocenters. The van der Waals surface area contributed by atoms with E-state index in [1.807, 2.05) is 76.8 Å². The van der Waals surface area contributed by atoms with E-state index in [2.05, 4.69) is 47.7 Å². The highest BCUT2D eigenvalue weighted by molar-refractivity contribution is 8.00. The zero-order valence-electron chi connectivity index (χ0n) is 24.8. The SMILES string of the molecule is C=C/C=C(\O)CN(Cc1ccc(SC(C)C(=O)OC(C)(C)C)cc1)c1cc(Cc2ccc(C)cc2)ncn1.CC. The van der Waals surface area contributed by atoms with Crippen LogP contribution in [0, 0.1) is 6.92 Å². The van der Waals surface area contributed by atoms with Gasteiger partial charge < -0.3 is 14.7 Å². The van der Waals surface area contributed by atoms with Crippen molar-refractivity contribution in [3.05, 3.63) is 108 Å². The number of anilines is 1. The van der Waals surface area contributed by atoms with Crippen LogP contribution in [0.2, 0.25) is 0 Å². The van der Waals surface area contributed by atoms with E-state index in [0.29, 0.717) is 13.0 Å². The summed E-state index contributed by atoms with van der Waals surface area (Å²) in [5.74, 6) is 0.688. The number of aliphatic hydroxyl groups is 1. The summed E-state index contributed by atoms with van der Waals surface area (Å²) >= 11 is 1.47. The predicted molar refractivity (Wildman–Crippen MR) is 167 cm³/mol. The van der Waals surface area contributed by atoms with E-state index in [-0.39, 0.29) is 23.5 Å². The van der Waals surface area contributed by atoms with Gasteiger partial charge in [0.2, 0.25) is 0 Å². The summed E-state index contributed by atoms with van der Waals surface area (Å²) in [6.45, 7) is 18.0. The average Bonchev–Trinajstić information content (AvgIpc) is 2.91. The minimum Gasteiger partial charge on any atom is -0.510 e. The standard InChI is InChI=1S/C31H37N3O3S.C2H6/c1-7-8-27(35)20-34(29-18-26(32-21-33-29)17-24-11-9-22(2)10-12-24)19-25-13-15-28(16-14-25)38-23(3)30(36)37-31(4,5)6;1-2/h7-16,18,21,23,35H,1,17,19-20H2,2-6H3;1-2H3/b27-8-;. The fourth-order valence-corrected chi connectivity index (χ4v) is 4.55. The molecule has 3 aromatic rings. The zero-order chi connectivity index (χ0) is 29.7. The summed E-state index contributed by atoms with van der Waals surface area (Å²) in [4.78, 5) is 24.3. The van der Waals surface area contributed by atoms with Crippen molar-refractivity contribution in [2.75, 3.05) is 11.4 Å². The molecule has 0 saturated heterocycles.